The number of nitrogens with one attached hydrogen (secondary N) is 1. The van der Waals surface area contributed by atoms with Gasteiger partial charge in [0, 0.05) is 31.1 Å². The second-order valence-corrected chi connectivity index (χ2v) is 7.64. The molecule has 1 spiro atoms. The molecule has 0 bridgehead atoms. The predicted octanol–water partition coefficient (Wildman–Crippen LogP) is 2.47. The maximum Gasteiger partial charge on any atom is 0.257 e. The van der Waals surface area contributed by atoms with Crippen LogP contribution in [0.3, 0.4) is 0 Å². The van der Waals surface area contributed by atoms with E-state index in [0.717, 1.165) is 19.3 Å². The number of hydrogen-bond acceptors (Lipinski definition) is 4. The average molecular weight is 360 g/mol. The number of rotatable bonds is 5. The first-order valence-corrected chi connectivity index (χ1v) is 9.22. The zero-order chi connectivity index (χ0) is 18.9. The third kappa shape index (κ3) is 3.50. The normalized spacial score (nSPS) is 20.8. The van der Waals surface area contributed by atoms with Gasteiger partial charge in [0.1, 0.15) is 11.5 Å². The summed E-state index contributed by atoms with van der Waals surface area (Å²) in [5, 5.41) is 3.14. The third-order valence-electron chi connectivity index (χ3n) is 5.72. The zero-order valence-corrected chi connectivity index (χ0v) is 16.0. The molecule has 142 valence electrons. The average Bonchev–Trinajstić information content (AvgIpc) is 3.31. The maximum absolute atomic E-state index is 12.9. The van der Waals surface area contributed by atoms with Gasteiger partial charge < -0.3 is 19.7 Å². The smallest absolute Gasteiger partial charge is 0.257 e. The first-order valence-electron chi connectivity index (χ1n) is 9.22. The van der Waals surface area contributed by atoms with Crippen LogP contribution in [0.15, 0.2) is 18.2 Å². The molecule has 1 unspecified atom stereocenters. The molecule has 0 radical (unpaired) electrons. The van der Waals surface area contributed by atoms with E-state index in [1.54, 1.807) is 32.4 Å². The van der Waals surface area contributed by atoms with Crippen LogP contribution in [-0.4, -0.2) is 50.1 Å². The SMILES string of the molecule is COc1ccc(C(=O)N2CCC3(CC2)CC3NC(=O)C(C)C)c(OC)c1. The molecular weight excluding hydrogens is 332 g/mol. The van der Waals surface area contributed by atoms with Gasteiger partial charge in [-0.2, -0.15) is 0 Å². The van der Waals surface area contributed by atoms with E-state index >= 15 is 0 Å². The van der Waals surface area contributed by atoms with Gasteiger partial charge in [-0.15, -0.1) is 0 Å². The van der Waals surface area contributed by atoms with Crippen molar-refractivity contribution in [2.45, 2.75) is 39.2 Å². The van der Waals surface area contributed by atoms with E-state index in [-0.39, 0.29) is 29.2 Å². The van der Waals surface area contributed by atoms with Crippen LogP contribution in [-0.2, 0) is 4.79 Å². The minimum atomic E-state index is -0.0113. The molecule has 1 saturated carbocycles. The Morgan fingerprint density at radius 2 is 1.88 bits per heavy atom. The van der Waals surface area contributed by atoms with E-state index < -0.39 is 0 Å². The lowest BCUT2D eigenvalue weighted by molar-refractivity contribution is -0.124. The van der Waals surface area contributed by atoms with Crippen molar-refractivity contribution in [1.82, 2.24) is 10.2 Å². The lowest BCUT2D eigenvalue weighted by atomic mass is 9.92. The Kier molecular flexibility index (Phi) is 5.12. The molecule has 26 heavy (non-hydrogen) atoms. The Hall–Kier alpha value is -2.24. The van der Waals surface area contributed by atoms with Gasteiger partial charge in [-0.3, -0.25) is 9.59 Å². The second-order valence-electron chi connectivity index (χ2n) is 7.64. The minimum absolute atomic E-state index is 0.0110. The summed E-state index contributed by atoms with van der Waals surface area (Å²) in [6.45, 7) is 5.24. The van der Waals surface area contributed by atoms with Gasteiger partial charge in [0.25, 0.3) is 5.91 Å². The molecule has 1 N–H and O–H groups in total. The highest BCUT2D eigenvalue weighted by Crippen LogP contribution is 2.54. The highest BCUT2D eigenvalue weighted by Gasteiger charge is 2.56. The Balaban J connectivity index is 1.61. The Morgan fingerprint density at radius 3 is 2.46 bits per heavy atom. The van der Waals surface area contributed by atoms with Crippen LogP contribution in [0.25, 0.3) is 0 Å². The van der Waals surface area contributed by atoms with Crippen molar-refractivity contribution >= 4 is 11.8 Å². The van der Waals surface area contributed by atoms with Gasteiger partial charge in [0.2, 0.25) is 5.91 Å². The molecule has 6 nitrogen and oxygen atoms in total. The number of methoxy groups -OCH3 is 2. The summed E-state index contributed by atoms with van der Waals surface area (Å²) >= 11 is 0. The molecular formula is C20H28N2O4. The van der Waals surface area contributed by atoms with E-state index in [4.69, 9.17) is 9.47 Å². The lowest BCUT2D eigenvalue weighted by Crippen LogP contribution is -2.42. The van der Waals surface area contributed by atoms with E-state index in [2.05, 4.69) is 5.32 Å². The predicted molar refractivity (Wildman–Crippen MR) is 98.5 cm³/mol. The van der Waals surface area contributed by atoms with Crippen LogP contribution in [0.1, 0.15) is 43.5 Å². The summed E-state index contributed by atoms with van der Waals surface area (Å²) in [5.74, 6) is 1.31. The number of carbonyl (C=O) groups is 2. The Labute approximate surface area is 154 Å². The summed E-state index contributed by atoms with van der Waals surface area (Å²) in [7, 11) is 3.15. The third-order valence-corrected chi connectivity index (χ3v) is 5.72. The molecule has 1 aliphatic carbocycles. The first-order chi connectivity index (χ1) is 12.4. The van der Waals surface area contributed by atoms with Gasteiger partial charge in [0.05, 0.1) is 19.8 Å². The summed E-state index contributed by atoms with van der Waals surface area (Å²) in [6, 6.07) is 5.54. The fraction of sp³-hybridized carbons (Fsp3) is 0.600. The molecule has 2 fully saturated rings. The van der Waals surface area contributed by atoms with Gasteiger partial charge in [-0.05, 0) is 36.8 Å². The molecule has 1 aromatic carbocycles. The first kappa shape index (κ1) is 18.5. The Morgan fingerprint density at radius 1 is 1.19 bits per heavy atom. The zero-order valence-electron chi connectivity index (χ0n) is 16.0. The number of amides is 2. The van der Waals surface area contributed by atoms with Crippen molar-refractivity contribution < 1.29 is 19.1 Å². The molecule has 2 amide bonds. The fourth-order valence-electron chi connectivity index (χ4n) is 3.74. The van der Waals surface area contributed by atoms with Crippen LogP contribution >= 0.6 is 0 Å². The van der Waals surface area contributed by atoms with Gasteiger partial charge >= 0.3 is 0 Å². The molecule has 2 aliphatic rings. The fourth-order valence-corrected chi connectivity index (χ4v) is 3.74. The van der Waals surface area contributed by atoms with Gasteiger partial charge in [-0.25, -0.2) is 0 Å². The van der Waals surface area contributed by atoms with Crippen molar-refractivity contribution in [1.29, 1.82) is 0 Å². The van der Waals surface area contributed by atoms with E-state index in [1.165, 1.54) is 0 Å². The minimum Gasteiger partial charge on any atom is -0.497 e. The summed E-state index contributed by atoms with van der Waals surface area (Å²) in [6.07, 6.45) is 2.89. The van der Waals surface area contributed by atoms with E-state index in [0.29, 0.717) is 30.2 Å². The molecule has 1 atom stereocenters. The van der Waals surface area contributed by atoms with Gasteiger partial charge in [-0.1, -0.05) is 13.8 Å². The number of ether oxygens (including phenoxy) is 2. The Bertz CT molecular complexity index is 693. The van der Waals surface area contributed by atoms with Crippen molar-refractivity contribution in [3.05, 3.63) is 23.8 Å². The van der Waals surface area contributed by atoms with Crippen LogP contribution in [0.5, 0.6) is 11.5 Å². The highest BCUT2D eigenvalue weighted by molar-refractivity contribution is 5.97. The number of carbonyl (C=O) groups excluding carboxylic acids is 2. The molecule has 0 aromatic heterocycles. The molecule has 1 aromatic rings. The lowest BCUT2D eigenvalue weighted by Gasteiger charge is -2.33. The van der Waals surface area contributed by atoms with Crippen molar-refractivity contribution in [3.63, 3.8) is 0 Å². The molecule has 1 heterocycles. The summed E-state index contributed by atoms with van der Waals surface area (Å²) in [4.78, 5) is 26.7. The number of piperidine rings is 1. The number of nitrogens with zero attached hydrogens (tertiary/aromatic N) is 1. The highest BCUT2D eigenvalue weighted by atomic mass is 16.5. The molecule has 1 aliphatic heterocycles. The van der Waals surface area contributed by atoms with Crippen LogP contribution in [0.4, 0.5) is 0 Å². The standard InChI is InChI=1S/C20H28N2O4/c1-13(2)18(23)21-17-12-20(17)7-9-22(10-8-20)19(24)15-6-5-14(25-3)11-16(15)26-4/h5-6,11,13,17H,7-10,12H2,1-4H3,(H,21,23). The van der Waals surface area contributed by atoms with E-state index in [1.807, 2.05) is 18.7 Å². The summed E-state index contributed by atoms with van der Waals surface area (Å²) in [5.41, 5.74) is 0.746. The quantitative estimate of drug-likeness (QED) is 0.876. The number of hydrogen-bond donors (Lipinski definition) is 1. The monoisotopic (exact) mass is 360 g/mol. The van der Waals surface area contributed by atoms with Crippen LogP contribution in [0, 0.1) is 11.3 Å². The molecule has 3 rings (SSSR count). The molecule has 6 heteroatoms. The van der Waals surface area contributed by atoms with Crippen molar-refractivity contribution in [2.24, 2.45) is 11.3 Å². The van der Waals surface area contributed by atoms with E-state index in [9.17, 15) is 9.59 Å². The maximum atomic E-state index is 12.9. The number of likely N-dealkylation sites (tertiary alicyclic amines) is 1. The molecule has 1 saturated heterocycles. The van der Waals surface area contributed by atoms with Crippen molar-refractivity contribution in [2.75, 3.05) is 27.3 Å². The van der Waals surface area contributed by atoms with Crippen LogP contribution < -0.4 is 14.8 Å². The number of benzene rings is 1. The topological polar surface area (TPSA) is 67.9 Å². The largest absolute Gasteiger partial charge is 0.497 e. The summed E-state index contributed by atoms with van der Waals surface area (Å²) < 4.78 is 10.6. The van der Waals surface area contributed by atoms with Crippen molar-refractivity contribution in [3.8, 4) is 11.5 Å². The second kappa shape index (κ2) is 7.17. The van der Waals surface area contributed by atoms with Gasteiger partial charge in [0.15, 0.2) is 0 Å². The van der Waals surface area contributed by atoms with Crippen LogP contribution in [0.2, 0.25) is 0 Å².